The summed E-state index contributed by atoms with van der Waals surface area (Å²) in [6, 6.07) is 20.6. The molecule has 7 nitrogen and oxygen atoms in total. The van der Waals surface area contributed by atoms with Crippen molar-refractivity contribution >= 4 is 17.7 Å². The van der Waals surface area contributed by atoms with E-state index in [1.807, 2.05) is 36.4 Å². The molecule has 206 valence electrons. The van der Waals surface area contributed by atoms with Crippen LogP contribution < -0.4 is 5.32 Å². The average molecular weight is 535 g/mol. The molecule has 1 saturated carbocycles. The quantitative estimate of drug-likeness (QED) is 0.297. The largest absolute Gasteiger partial charge is 0.478 e. The second kappa shape index (κ2) is 13.9. The van der Waals surface area contributed by atoms with Gasteiger partial charge in [-0.2, -0.15) is 0 Å². The molecule has 1 aliphatic rings. The van der Waals surface area contributed by atoms with E-state index in [9.17, 15) is 19.1 Å². The fraction of sp³-hybridized carbons (Fsp3) is 0.355. The van der Waals surface area contributed by atoms with Crippen LogP contribution in [0.5, 0.6) is 0 Å². The van der Waals surface area contributed by atoms with Gasteiger partial charge in [-0.25, -0.2) is 14.0 Å². The number of urea groups is 1. The number of nitrogens with zero attached hydrogens (tertiary/aromatic N) is 1. The van der Waals surface area contributed by atoms with Gasteiger partial charge in [0.05, 0.1) is 31.0 Å². The summed E-state index contributed by atoms with van der Waals surface area (Å²) in [6.45, 7) is 3.14. The Labute approximate surface area is 228 Å². The molecule has 0 bridgehead atoms. The minimum Gasteiger partial charge on any atom is -0.478 e. The summed E-state index contributed by atoms with van der Waals surface area (Å²) >= 11 is 0. The van der Waals surface area contributed by atoms with Gasteiger partial charge in [0, 0.05) is 18.8 Å². The van der Waals surface area contributed by atoms with Crippen molar-refractivity contribution in [3.63, 3.8) is 0 Å². The first-order valence-electron chi connectivity index (χ1n) is 13.3. The number of amides is 2. The molecule has 0 radical (unpaired) electrons. The number of ether oxygens (including phenoxy) is 2. The van der Waals surface area contributed by atoms with Crippen molar-refractivity contribution in [2.45, 2.75) is 58.0 Å². The smallest absolute Gasteiger partial charge is 0.336 e. The molecule has 0 spiro atoms. The molecule has 3 aromatic carbocycles. The number of hydrogen-bond donors (Lipinski definition) is 2. The van der Waals surface area contributed by atoms with Crippen molar-refractivity contribution in [2.24, 2.45) is 0 Å². The number of carboxylic acids is 1. The molecule has 1 fully saturated rings. The van der Waals surface area contributed by atoms with Gasteiger partial charge < -0.3 is 24.8 Å². The fourth-order valence-corrected chi connectivity index (χ4v) is 4.92. The molecule has 2 atom stereocenters. The van der Waals surface area contributed by atoms with E-state index in [1.54, 1.807) is 36.1 Å². The molecule has 0 heterocycles. The zero-order chi connectivity index (χ0) is 27.6. The Balaban J connectivity index is 1.31. The molecule has 0 aromatic heterocycles. The predicted octanol–water partition coefficient (Wildman–Crippen LogP) is 6.41. The van der Waals surface area contributed by atoms with Crippen molar-refractivity contribution < 1.29 is 28.6 Å². The van der Waals surface area contributed by atoms with E-state index in [0.717, 1.165) is 30.4 Å². The summed E-state index contributed by atoms with van der Waals surface area (Å²) in [5.41, 5.74) is 3.07. The van der Waals surface area contributed by atoms with Gasteiger partial charge in [-0.05, 0) is 67.5 Å². The first-order chi connectivity index (χ1) is 18.9. The molecule has 0 saturated heterocycles. The Morgan fingerprint density at radius 1 is 1.00 bits per heavy atom. The maximum atomic E-state index is 13.6. The van der Waals surface area contributed by atoms with Crippen LogP contribution in [0.2, 0.25) is 0 Å². The van der Waals surface area contributed by atoms with Gasteiger partial charge in [-0.3, -0.25) is 0 Å². The van der Waals surface area contributed by atoms with E-state index in [1.165, 1.54) is 12.1 Å². The van der Waals surface area contributed by atoms with Crippen LogP contribution in [0.3, 0.4) is 0 Å². The topological polar surface area (TPSA) is 88.1 Å². The van der Waals surface area contributed by atoms with Crippen LogP contribution in [-0.2, 0) is 22.6 Å². The SMILES string of the molecule is Cc1cccc(CO[C@H]2CCC[C@@H](OCCN(Cc3ccccc3)C(=O)Nc3cccc(F)c3)C2)c1C(=O)O. The lowest BCUT2D eigenvalue weighted by molar-refractivity contribution is -0.0524. The van der Waals surface area contributed by atoms with Crippen LogP contribution in [0.4, 0.5) is 14.9 Å². The number of aromatic carboxylic acids is 1. The van der Waals surface area contributed by atoms with Crippen LogP contribution >= 0.6 is 0 Å². The molecule has 0 aliphatic heterocycles. The molecule has 0 unspecified atom stereocenters. The second-order valence-corrected chi connectivity index (χ2v) is 9.85. The zero-order valence-corrected chi connectivity index (χ0v) is 22.1. The number of halogens is 1. The van der Waals surface area contributed by atoms with Gasteiger partial charge in [-0.15, -0.1) is 0 Å². The molecule has 1 aliphatic carbocycles. The van der Waals surface area contributed by atoms with Crippen molar-refractivity contribution in [2.75, 3.05) is 18.5 Å². The monoisotopic (exact) mass is 534 g/mol. The molecular weight excluding hydrogens is 499 g/mol. The first kappa shape index (κ1) is 28.3. The summed E-state index contributed by atoms with van der Waals surface area (Å²) in [5, 5.41) is 12.3. The lowest BCUT2D eigenvalue weighted by Crippen LogP contribution is -2.38. The summed E-state index contributed by atoms with van der Waals surface area (Å²) in [5.74, 6) is -1.36. The van der Waals surface area contributed by atoms with Crippen LogP contribution in [0.15, 0.2) is 72.8 Å². The van der Waals surface area contributed by atoms with Gasteiger partial charge in [0.1, 0.15) is 5.82 Å². The lowest BCUT2D eigenvalue weighted by atomic mass is 9.94. The predicted molar refractivity (Wildman–Crippen MR) is 147 cm³/mol. The molecule has 4 rings (SSSR count). The molecule has 2 amide bonds. The van der Waals surface area contributed by atoms with Crippen LogP contribution in [0.1, 0.15) is 52.7 Å². The van der Waals surface area contributed by atoms with Gasteiger partial charge >= 0.3 is 12.0 Å². The maximum absolute atomic E-state index is 13.6. The standard InChI is InChI=1S/C31H35FN2O5/c1-22-8-5-11-24(29(22)30(35)36)21-39-28-15-7-14-27(19-28)38-17-16-34(20-23-9-3-2-4-10-23)31(37)33-26-13-6-12-25(32)18-26/h2-6,8-13,18,27-28H,7,14-17,19-21H2,1H3,(H,33,37)(H,35,36)/t27-,28+/m1/s1. The minimum atomic E-state index is -0.946. The highest BCUT2D eigenvalue weighted by Gasteiger charge is 2.25. The highest BCUT2D eigenvalue weighted by atomic mass is 19.1. The van der Waals surface area contributed by atoms with Gasteiger partial charge in [-0.1, -0.05) is 54.6 Å². The number of carbonyl (C=O) groups excluding carboxylic acids is 1. The lowest BCUT2D eigenvalue weighted by Gasteiger charge is -2.30. The number of carboxylic acid groups (broad SMARTS) is 1. The van der Waals surface area contributed by atoms with Crippen LogP contribution in [0.25, 0.3) is 0 Å². The first-order valence-corrected chi connectivity index (χ1v) is 13.3. The van der Waals surface area contributed by atoms with Crippen molar-refractivity contribution in [1.82, 2.24) is 4.90 Å². The molecule has 8 heteroatoms. The van der Waals surface area contributed by atoms with E-state index < -0.39 is 11.8 Å². The number of nitrogens with one attached hydrogen (secondary N) is 1. The number of aryl methyl sites for hydroxylation is 1. The highest BCUT2D eigenvalue weighted by Crippen LogP contribution is 2.25. The normalized spacial score (nSPS) is 17.0. The fourth-order valence-electron chi connectivity index (χ4n) is 4.92. The van der Waals surface area contributed by atoms with Gasteiger partial charge in [0.25, 0.3) is 0 Å². The Hall–Kier alpha value is -3.75. The molecule has 39 heavy (non-hydrogen) atoms. The summed E-state index contributed by atoms with van der Waals surface area (Å²) < 4.78 is 25.9. The van der Waals surface area contributed by atoms with Crippen molar-refractivity contribution in [1.29, 1.82) is 0 Å². The maximum Gasteiger partial charge on any atom is 0.336 e. The number of benzene rings is 3. The van der Waals surface area contributed by atoms with Crippen LogP contribution in [0, 0.1) is 12.7 Å². The summed E-state index contributed by atoms with van der Waals surface area (Å²) in [6.07, 6.45) is 3.42. The summed E-state index contributed by atoms with van der Waals surface area (Å²) in [7, 11) is 0. The molecule has 3 aromatic rings. The van der Waals surface area contributed by atoms with E-state index in [4.69, 9.17) is 9.47 Å². The van der Waals surface area contributed by atoms with E-state index in [2.05, 4.69) is 5.32 Å². The van der Waals surface area contributed by atoms with Gasteiger partial charge in [0.2, 0.25) is 0 Å². The minimum absolute atomic E-state index is 0.00920. The second-order valence-electron chi connectivity index (χ2n) is 9.85. The van der Waals surface area contributed by atoms with Crippen molar-refractivity contribution in [3.05, 3.63) is 101 Å². The number of hydrogen-bond acceptors (Lipinski definition) is 4. The Morgan fingerprint density at radius 2 is 1.74 bits per heavy atom. The Morgan fingerprint density at radius 3 is 2.49 bits per heavy atom. The zero-order valence-electron chi connectivity index (χ0n) is 22.1. The van der Waals surface area contributed by atoms with E-state index in [-0.39, 0.29) is 24.8 Å². The van der Waals surface area contributed by atoms with Crippen LogP contribution in [-0.4, -0.2) is 47.4 Å². The number of rotatable bonds is 11. The highest BCUT2D eigenvalue weighted by molar-refractivity contribution is 5.91. The van der Waals surface area contributed by atoms with E-state index in [0.29, 0.717) is 42.9 Å². The molecular formula is C31H35FN2O5. The third kappa shape index (κ3) is 8.37. The Bertz CT molecular complexity index is 1250. The summed E-state index contributed by atoms with van der Waals surface area (Å²) in [4.78, 5) is 26.4. The van der Waals surface area contributed by atoms with E-state index >= 15 is 0 Å². The third-order valence-electron chi connectivity index (χ3n) is 6.92. The molecule has 2 N–H and O–H groups in total. The Kier molecular flexibility index (Phi) is 10.1. The average Bonchev–Trinajstić information content (AvgIpc) is 2.92. The van der Waals surface area contributed by atoms with Gasteiger partial charge in [0.15, 0.2) is 0 Å². The number of anilines is 1. The third-order valence-corrected chi connectivity index (χ3v) is 6.92. The van der Waals surface area contributed by atoms with Crippen molar-refractivity contribution in [3.8, 4) is 0 Å². The number of carbonyl (C=O) groups is 2.